The molecular formula is C61H101B30FN12O19S. The maximum Gasteiger partial charge on any atom is 0.434 e. The number of aliphatic hydroxyl groups is 4. The molecule has 622 valence electrons. The summed E-state index contributed by atoms with van der Waals surface area (Å²) in [5.41, 5.74) is 0.947. The van der Waals surface area contributed by atoms with Gasteiger partial charge in [0.15, 0.2) is 0 Å². The van der Waals surface area contributed by atoms with Crippen LogP contribution in [0.15, 0.2) is 66.3 Å². The van der Waals surface area contributed by atoms with Gasteiger partial charge in [-0.1, -0.05) is 108 Å². The first-order chi connectivity index (χ1) is 59.1. The van der Waals surface area contributed by atoms with Crippen molar-refractivity contribution in [3.8, 4) is 0 Å². The molecule has 0 bridgehead atoms. The summed E-state index contributed by atoms with van der Waals surface area (Å²) < 4.78 is 78.2. The topological polar surface area (TPSA) is 372 Å². The molecule has 3 aromatic heterocycles. The van der Waals surface area contributed by atoms with Gasteiger partial charge in [-0.3, -0.25) is 18.9 Å². The van der Waals surface area contributed by atoms with Gasteiger partial charge in [0.25, 0.3) is 10.1 Å². The monoisotopic (exact) mass is 1690 g/mol. The number of hydrogen-bond acceptors (Lipinski definition) is 25. The van der Waals surface area contributed by atoms with Gasteiger partial charge in [0.1, 0.15) is 43.9 Å². The fourth-order valence-corrected chi connectivity index (χ4v) is 16.7. The summed E-state index contributed by atoms with van der Waals surface area (Å²) in [6, 6.07) is 6.40. The van der Waals surface area contributed by atoms with Crippen LogP contribution in [0.5, 0.6) is 0 Å². The number of aliphatic hydroxyl groups excluding tert-OH is 4. The molecule has 0 amide bonds. The average molecular weight is 1680 g/mol. The van der Waals surface area contributed by atoms with E-state index >= 15 is 0 Å². The van der Waals surface area contributed by atoms with Crippen molar-refractivity contribution < 1.29 is 80.6 Å². The molecule has 3 fully saturated rings. The summed E-state index contributed by atoms with van der Waals surface area (Å²) in [4.78, 5) is 49.2. The van der Waals surface area contributed by atoms with E-state index in [2.05, 4.69) is 29.7 Å². The third-order valence-electron chi connectivity index (χ3n) is 22.5. The number of unbranched alkanes of at least 4 members (excludes halogenated alkanes) is 3. The molecule has 31 nitrogen and oxygen atoms in total. The number of aryl methyl sites for hydroxylation is 1. The molecule has 3 saturated heterocycles. The van der Waals surface area contributed by atoms with Gasteiger partial charge in [-0.2, -0.15) is 8.42 Å². The van der Waals surface area contributed by atoms with Crippen LogP contribution in [-0.4, -0.2) is 476 Å². The Balaban J connectivity index is 0.000000334. The minimum atomic E-state index is -3.85. The van der Waals surface area contributed by atoms with Gasteiger partial charge in [0, 0.05) is 232 Å². The van der Waals surface area contributed by atoms with Crippen LogP contribution in [0.2, 0.25) is 36.4 Å². The summed E-state index contributed by atoms with van der Waals surface area (Å²) in [6.45, 7) is 10.6. The van der Waals surface area contributed by atoms with E-state index in [1.54, 1.807) is 12.1 Å². The lowest BCUT2D eigenvalue weighted by molar-refractivity contribution is -0.397. The number of ether oxygens (including phenoxy) is 6. The van der Waals surface area contributed by atoms with E-state index < -0.39 is 107 Å². The number of aromatic nitrogens is 6. The molecule has 7 rings (SSSR count). The Labute approximate surface area is 759 Å². The van der Waals surface area contributed by atoms with E-state index in [0.29, 0.717) is 123 Å². The van der Waals surface area contributed by atoms with Gasteiger partial charge in [-0.15, -0.1) is 0 Å². The summed E-state index contributed by atoms with van der Waals surface area (Å²) in [5.74, 6) is 0.484. The molecule has 6 atom stereocenters. The molecule has 6 heterocycles. The van der Waals surface area contributed by atoms with Gasteiger partial charge in [-0.25, -0.2) is 18.1 Å². The highest BCUT2D eigenvalue weighted by Gasteiger charge is 2.52. The number of benzene rings is 1. The second-order valence-electron chi connectivity index (χ2n) is 32.3. The Hall–Kier alpha value is -3.68. The standard InChI is InChI=1S/C25H38B10N4O8S.C18H31B10FN4O5.C18H32B10N4O6/c1-21-5-7-24(8-6-21)48(43,44)47-17-16-46-15-14-45-13-12-37(19-23(40)20-38-11-9-36-25(38)39(41)42)10-3-2-4-22-18-31(22)35(33(28)29)34(30)32(26)27;19-25(20)27(23)28(26(21)22)24-13-16(24)3-1-2-6-31(8-10-38-12-11-37-9-4-29)14-17(34)15-32-7-5-30-18(32)33(35)36;19-25(20)27(23)28(26(21)22)24-13-16(24)3-1-2-5-30(7-9-37-11-12-38-10-8-33)14-17(34)15-31-6-4-29-18(31)32(35)36/h5-9,11,22-23,40H,2-4,10,12-20H2,1H3;5,7,16-17,34H,1-4,6,8-15H2;4,6,16-17,33-34H,1-3,5,7-15H2. The van der Waals surface area contributed by atoms with Crippen LogP contribution in [0.25, 0.3) is 0 Å². The van der Waals surface area contributed by atoms with Crippen molar-refractivity contribution in [2.24, 2.45) is 0 Å². The molecule has 0 aliphatic carbocycles. The maximum absolute atomic E-state index is 12.3. The number of rotatable bonds is 69. The van der Waals surface area contributed by atoms with E-state index in [1.165, 1.54) is 63.0 Å². The summed E-state index contributed by atoms with van der Waals surface area (Å²) in [5, 5.41) is 74.3. The summed E-state index contributed by atoms with van der Waals surface area (Å²) >= 11 is 0. The van der Waals surface area contributed by atoms with Crippen LogP contribution in [-0.2, 0) is 62.4 Å². The fourth-order valence-electron chi connectivity index (χ4n) is 15.8. The van der Waals surface area contributed by atoms with Crippen LogP contribution in [0.1, 0.15) is 63.4 Å². The van der Waals surface area contributed by atoms with Crippen LogP contribution in [0, 0.1) is 37.3 Å². The van der Waals surface area contributed by atoms with Crippen molar-refractivity contribution in [2.45, 2.75) is 144 Å². The molecule has 6 unspecified atom stereocenters. The number of hydrogen-bond donors (Lipinski definition) is 4. The second-order valence-corrected chi connectivity index (χ2v) is 34.0. The van der Waals surface area contributed by atoms with Crippen LogP contribution >= 0.6 is 0 Å². The number of nitro groups is 3. The number of alkyl halides is 1. The third-order valence-corrected chi connectivity index (χ3v) is 23.8. The molecule has 3 aliphatic rings. The largest absolute Gasteiger partial charge is 0.434 e. The normalized spacial score (nSPS) is 15.3. The van der Waals surface area contributed by atoms with Gasteiger partial charge in [-0.05, 0) is 72.7 Å². The Bertz CT molecular complexity index is 3590. The highest BCUT2D eigenvalue weighted by atomic mass is 32.2. The highest BCUT2D eigenvalue weighted by molar-refractivity contribution is 8.02. The van der Waals surface area contributed by atoms with Gasteiger partial charge < -0.3 is 79.2 Å². The number of imidazole rings is 3. The van der Waals surface area contributed by atoms with Gasteiger partial charge >= 0.3 is 17.8 Å². The SMILES string of the molecule is [B]B([B])B([B])B(B([B])[B])B1CC1CCCCN(CCOCCOCCF)CC(O)Cn1ccnc1[N+](=O)[O-].[B]B([B])B([B])B(B([B])[B])B1CC1CCCCN(CCOCCOCCO)CC(O)Cn1ccnc1[N+](=O)[O-].[B]B([B])B([B])B(B([B])[B])B1CC1CCCCN(CCOCCOCCOS(=O)(=O)c1ccc(C)cc1)CC(O)Cn1ccnc1[N+](=O)[O-]. The lowest BCUT2D eigenvalue weighted by Gasteiger charge is -2.26. The molecule has 63 heteroatoms. The lowest BCUT2D eigenvalue weighted by atomic mass is 8.57. The average Bonchev–Trinajstić information content (AvgIpc) is 1.65. The molecular weight excluding hydrogens is 1580 g/mol. The molecule has 1 aromatic carbocycles. The predicted octanol–water partition coefficient (Wildman–Crippen LogP) is -5.86. The molecule has 0 saturated carbocycles. The van der Waals surface area contributed by atoms with E-state index in [-0.39, 0.29) is 114 Å². The van der Waals surface area contributed by atoms with Crippen molar-refractivity contribution in [1.82, 2.24) is 43.4 Å². The Morgan fingerprint density at radius 1 is 0.452 bits per heavy atom. The van der Waals surface area contributed by atoms with Crippen molar-refractivity contribution in [3.05, 3.63) is 97.4 Å². The van der Waals surface area contributed by atoms with E-state index in [4.69, 9.17) is 154 Å². The highest BCUT2D eigenvalue weighted by Crippen LogP contribution is 2.45. The fraction of sp³-hybridized carbons (Fsp3) is 0.754. The van der Waals surface area contributed by atoms with Crippen molar-refractivity contribution in [3.63, 3.8) is 0 Å². The summed E-state index contributed by atoms with van der Waals surface area (Å²) in [6.07, 6.45) is 11.9. The zero-order chi connectivity index (χ0) is 91.4. The van der Waals surface area contributed by atoms with Gasteiger partial charge in [0.05, 0.1) is 155 Å². The van der Waals surface area contributed by atoms with Crippen molar-refractivity contribution >= 4 is 240 Å². The first kappa shape index (κ1) is 111. The molecule has 4 aromatic rings. The Kier molecular flexibility index (Phi) is 54.0. The van der Waals surface area contributed by atoms with Crippen molar-refractivity contribution in [2.75, 3.05) is 158 Å². The van der Waals surface area contributed by atoms with E-state index in [9.17, 15) is 58.5 Å². The maximum atomic E-state index is 12.3. The molecule has 4 N–H and O–H groups in total. The van der Waals surface area contributed by atoms with Crippen LogP contribution < -0.4 is 0 Å². The third kappa shape index (κ3) is 42.3. The van der Waals surface area contributed by atoms with E-state index in [0.717, 1.165) is 95.4 Å². The number of nitrogens with zero attached hydrogens (tertiary/aromatic N) is 12. The van der Waals surface area contributed by atoms with Crippen molar-refractivity contribution in [1.29, 1.82) is 0 Å². The zero-order valence-electron chi connectivity index (χ0n) is 71.7. The first-order valence-electron chi connectivity index (χ1n) is 42.7. The number of halogens is 1. The molecule has 0 spiro atoms. The van der Waals surface area contributed by atoms with E-state index in [1.807, 2.05) is 6.92 Å². The minimum Gasteiger partial charge on any atom is -0.394 e. The zero-order valence-corrected chi connectivity index (χ0v) is 72.5. The molecule has 3 aliphatic heterocycles. The Morgan fingerprint density at radius 3 is 1.02 bits per heavy atom. The smallest absolute Gasteiger partial charge is 0.394 e. The second kappa shape index (κ2) is 60.4. The van der Waals surface area contributed by atoms with Gasteiger partial charge in [0.2, 0.25) is 0 Å². The Morgan fingerprint density at radius 2 is 0.742 bits per heavy atom. The van der Waals surface area contributed by atoms with Crippen LogP contribution in [0.3, 0.4) is 0 Å². The molecule has 30 radical (unpaired) electrons. The summed E-state index contributed by atoms with van der Waals surface area (Å²) in [7, 11) is 85.2. The quantitative estimate of drug-likeness (QED) is 0.0105. The predicted molar refractivity (Wildman–Crippen MR) is 516 cm³/mol. The van der Waals surface area contributed by atoms with Crippen LogP contribution in [0.4, 0.5) is 22.2 Å². The lowest BCUT2D eigenvalue weighted by Crippen LogP contribution is -2.63. The molecule has 124 heavy (non-hydrogen) atoms. The first-order valence-corrected chi connectivity index (χ1v) is 44.1. The minimum absolute atomic E-state index is 0.0250.